The molecule has 1 fully saturated rings. The van der Waals surface area contributed by atoms with Crippen LogP contribution in [0.15, 0.2) is 30.3 Å². The molecular weight excluding hydrogens is 234 g/mol. The van der Waals surface area contributed by atoms with Crippen LogP contribution in [-0.2, 0) is 0 Å². The minimum atomic E-state index is 0.463. The van der Waals surface area contributed by atoms with Gasteiger partial charge in [-0.15, -0.1) is 0 Å². The lowest BCUT2D eigenvalue weighted by Crippen LogP contribution is -2.51. The van der Waals surface area contributed by atoms with Gasteiger partial charge in [0.1, 0.15) is 0 Å². The van der Waals surface area contributed by atoms with Gasteiger partial charge in [-0.25, -0.2) is 0 Å². The van der Waals surface area contributed by atoms with E-state index < -0.39 is 0 Å². The molecule has 3 heteroatoms. The van der Waals surface area contributed by atoms with Gasteiger partial charge in [-0.1, -0.05) is 37.3 Å². The van der Waals surface area contributed by atoms with Crippen LogP contribution < -0.4 is 5.32 Å². The second kappa shape index (κ2) is 7.04. The SMILES string of the molecule is CCNC(CC1CN(C)CCN1C)c1ccccc1. The Hall–Kier alpha value is -0.900. The first-order valence-corrected chi connectivity index (χ1v) is 7.37. The van der Waals surface area contributed by atoms with E-state index in [4.69, 9.17) is 0 Å². The number of likely N-dealkylation sites (N-methyl/N-ethyl adjacent to an activating group) is 2. The first kappa shape index (κ1) is 14.5. The van der Waals surface area contributed by atoms with Crippen molar-refractivity contribution < 1.29 is 0 Å². The predicted octanol–water partition coefficient (Wildman–Crippen LogP) is 1.97. The highest BCUT2D eigenvalue weighted by atomic mass is 15.3. The van der Waals surface area contributed by atoms with Gasteiger partial charge in [0.05, 0.1) is 0 Å². The number of benzene rings is 1. The molecule has 1 aliphatic heterocycles. The average Bonchev–Trinajstić information content (AvgIpc) is 2.43. The van der Waals surface area contributed by atoms with Crippen LogP contribution in [0.4, 0.5) is 0 Å². The second-order valence-electron chi connectivity index (χ2n) is 5.65. The molecule has 0 radical (unpaired) electrons. The highest BCUT2D eigenvalue weighted by molar-refractivity contribution is 5.19. The summed E-state index contributed by atoms with van der Waals surface area (Å²) < 4.78 is 0. The van der Waals surface area contributed by atoms with E-state index >= 15 is 0 Å². The fourth-order valence-electron chi connectivity index (χ4n) is 2.90. The summed E-state index contributed by atoms with van der Waals surface area (Å²) in [7, 11) is 4.48. The third kappa shape index (κ3) is 4.03. The molecule has 106 valence electrons. The molecule has 2 atom stereocenters. The zero-order valence-electron chi connectivity index (χ0n) is 12.5. The van der Waals surface area contributed by atoms with Gasteiger partial charge >= 0.3 is 0 Å². The number of piperazine rings is 1. The summed E-state index contributed by atoms with van der Waals surface area (Å²) in [6.07, 6.45) is 1.18. The number of nitrogens with zero attached hydrogens (tertiary/aromatic N) is 2. The lowest BCUT2D eigenvalue weighted by Gasteiger charge is -2.39. The minimum absolute atomic E-state index is 0.463. The molecule has 2 rings (SSSR count). The number of nitrogens with one attached hydrogen (secondary N) is 1. The summed E-state index contributed by atoms with van der Waals surface area (Å²) in [5.74, 6) is 0. The molecule has 0 aromatic heterocycles. The molecule has 1 heterocycles. The Labute approximate surface area is 117 Å². The molecule has 2 unspecified atom stereocenters. The molecule has 1 saturated heterocycles. The molecule has 1 aromatic rings. The average molecular weight is 261 g/mol. The highest BCUT2D eigenvalue weighted by Gasteiger charge is 2.25. The van der Waals surface area contributed by atoms with Crippen LogP contribution in [0.25, 0.3) is 0 Å². The predicted molar refractivity (Wildman–Crippen MR) is 81.4 cm³/mol. The van der Waals surface area contributed by atoms with Crippen molar-refractivity contribution in [3.05, 3.63) is 35.9 Å². The van der Waals surface area contributed by atoms with Gasteiger partial charge in [-0.3, -0.25) is 0 Å². The summed E-state index contributed by atoms with van der Waals surface area (Å²) in [6, 6.07) is 11.9. The normalized spacial score (nSPS) is 23.4. The Morgan fingerprint density at radius 3 is 2.63 bits per heavy atom. The molecule has 0 bridgehead atoms. The maximum atomic E-state index is 3.64. The van der Waals surface area contributed by atoms with Crippen LogP contribution in [0.3, 0.4) is 0 Å². The summed E-state index contributed by atoms with van der Waals surface area (Å²) >= 11 is 0. The van der Waals surface area contributed by atoms with Crippen LogP contribution in [0, 0.1) is 0 Å². The number of hydrogen-bond donors (Lipinski definition) is 1. The van der Waals surface area contributed by atoms with Crippen molar-refractivity contribution in [1.29, 1.82) is 0 Å². The lowest BCUT2D eigenvalue weighted by molar-refractivity contribution is 0.101. The number of hydrogen-bond acceptors (Lipinski definition) is 3. The smallest absolute Gasteiger partial charge is 0.0335 e. The molecule has 0 spiro atoms. The Balaban J connectivity index is 2.03. The molecule has 19 heavy (non-hydrogen) atoms. The maximum absolute atomic E-state index is 3.64. The minimum Gasteiger partial charge on any atom is -0.310 e. The van der Waals surface area contributed by atoms with Gasteiger partial charge in [-0.05, 0) is 32.6 Å². The Bertz CT molecular complexity index is 366. The van der Waals surface area contributed by atoms with E-state index in [0.717, 1.165) is 6.54 Å². The van der Waals surface area contributed by atoms with Crippen molar-refractivity contribution in [1.82, 2.24) is 15.1 Å². The van der Waals surface area contributed by atoms with Crippen LogP contribution in [0.2, 0.25) is 0 Å². The van der Waals surface area contributed by atoms with E-state index in [0.29, 0.717) is 12.1 Å². The van der Waals surface area contributed by atoms with Crippen molar-refractivity contribution in [2.45, 2.75) is 25.4 Å². The summed E-state index contributed by atoms with van der Waals surface area (Å²) in [6.45, 7) is 6.74. The third-order valence-corrected chi connectivity index (χ3v) is 4.14. The Kier molecular flexibility index (Phi) is 5.37. The van der Waals surface area contributed by atoms with E-state index in [1.807, 2.05) is 0 Å². The zero-order valence-corrected chi connectivity index (χ0v) is 12.5. The quantitative estimate of drug-likeness (QED) is 0.874. The van der Waals surface area contributed by atoms with Crippen molar-refractivity contribution in [2.75, 3.05) is 40.3 Å². The largest absolute Gasteiger partial charge is 0.310 e. The highest BCUT2D eigenvalue weighted by Crippen LogP contribution is 2.22. The van der Waals surface area contributed by atoms with Gasteiger partial charge in [0.2, 0.25) is 0 Å². The van der Waals surface area contributed by atoms with E-state index in [1.165, 1.54) is 31.6 Å². The standard InChI is InChI=1S/C16H27N3/c1-4-17-16(14-8-6-5-7-9-14)12-15-13-18(2)10-11-19(15)3/h5-9,15-17H,4,10-13H2,1-3H3. The van der Waals surface area contributed by atoms with E-state index in [-0.39, 0.29) is 0 Å². The van der Waals surface area contributed by atoms with E-state index in [2.05, 4.69) is 66.5 Å². The molecule has 1 N–H and O–H groups in total. The monoisotopic (exact) mass is 261 g/mol. The molecule has 0 aliphatic carbocycles. The molecule has 1 aliphatic rings. The van der Waals surface area contributed by atoms with Crippen molar-refractivity contribution in [2.24, 2.45) is 0 Å². The summed E-state index contributed by atoms with van der Waals surface area (Å²) in [5.41, 5.74) is 1.41. The van der Waals surface area contributed by atoms with Gasteiger partial charge in [0, 0.05) is 31.7 Å². The Morgan fingerprint density at radius 1 is 1.21 bits per heavy atom. The van der Waals surface area contributed by atoms with Crippen LogP contribution >= 0.6 is 0 Å². The fraction of sp³-hybridized carbons (Fsp3) is 0.625. The van der Waals surface area contributed by atoms with Gasteiger partial charge in [-0.2, -0.15) is 0 Å². The Morgan fingerprint density at radius 2 is 1.95 bits per heavy atom. The van der Waals surface area contributed by atoms with Crippen molar-refractivity contribution >= 4 is 0 Å². The molecule has 0 amide bonds. The van der Waals surface area contributed by atoms with Crippen LogP contribution in [0.5, 0.6) is 0 Å². The summed E-state index contributed by atoms with van der Waals surface area (Å²) in [5, 5.41) is 3.64. The second-order valence-corrected chi connectivity index (χ2v) is 5.65. The van der Waals surface area contributed by atoms with Gasteiger partial charge in [0.25, 0.3) is 0 Å². The zero-order chi connectivity index (χ0) is 13.7. The topological polar surface area (TPSA) is 18.5 Å². The first-order valence-electron chi connectivity index (χ1n) is 7.37. The van der Waals surface area contributed by atoms with Crippen LogP contribution in [0.1, 0.15) is 24.9 Å². The van der Waals surface area contributed by atoms with Crippen molar-refractivity contribution in [3.63, 3.8) is 0 Å². The molecule has 3 nitrogen and oxygen atoms in total. The molecule has 0 saturated carbocycles. The molecule has 1 aromatic carbocycles. The fourth-order valence-corrected chi connectivity index (χ4v) is 2.90. The van der Waals surface area contributed by atoms with Gasteiger partial charge in [0.15, 0.2) is 0 Å². The van der Waals surface area contributed by atoms with Gasteiger partial charge < -0.3 is 15.1 Å². The van der Waals surface area contributed by atoms with E-state index in [9.17, 15) is 0 Å². The number of rotatable bonds is 5. The van der Waals surface area contributed by atoms with Crippen LogP contribution in [-0.4, -0.2) is 56.1 Å². The summed E-state index contributed by atoms with van der Waals surface area (Å²) in [4.78, 5) is 4.95. The first-order chi connectivity index (χ1) is 9.20. The molecular formula is C16H27N3. The maximum Gasteiger partial charge on any atom is 0.0335 e. The van der Waals surface area contributed by atoms with E-state index in [1.54, 1.807) is 0 Å². The van der Waals surface area contributed by atoms with Crippen molar-refractivity contribution in [3.8, 4) is 0 Å². The lowest BCUT2D eigenvalue weighted by atomic mass is 9.97. The third-order valence-electron chi connectivity index (χ3n) is 4.14.